The molecule has 6 heteroatoms. The van der Waals surface area contributed by atoms with Crippen LogP contribution in [0.3, 0.4) is 0 Å². The molecule has 0 bridgehead atoms. The Balaban J connectivity index is 1.70. The molecule has 2 aliphatic rings. The van der Waals surface area contributed by atoms with Crippen LogP contribution < -0.4 is 5.32 Å². The highest BCUT2D eigenvalue weighted by atomic mass is 35.5. The van der Waals surface area contributed by atoms with Gasteiger partial charge in [0, 0.05) is 5.92 Å². The fraction of sp³-hybridized carbons (Fsp3) is 0.467. The number of amides is 1. The van der Waals surface area contributed by atoms with Crippen molar-refractivity contribution in [2.24, 2.45) is 17.8 Å². The summed E-state index contributed by atoms with van der Waals surface area (Å²) in [5.41, 5.74) is 0.182. The van der Waals surface area contributed by atoms with Crippen molar-refractivity contribution in [1.29, 1.82) is 0 Å². The van der Waals surface area contributed by atoms with Gasteiger partial charge in [-0.05, 0) is 48.8 Å². The Labute approximate surface area is 126 Å². The van der Waals surface area contributed by atoms with Crippen LogP contribution in [0, 0.1) is 23.6 Å². The van der Waals surface area contributed by atoms with Crippen molar-refractivity contribution in [3.63, 3.8) is 0 Å². The standard InChI is InChI=1S/C15H15ClFNO3/c16-11-4-3-8(5-12(11)17)13(15(20)21)18-14(19)10-6-9(10)7-1-2-7/h3-5,7,9-10,13H,1-2,6H2,(H,18,19)(H,20,21). The van der Waals surface area contributed by atoms with Crippen LogP contribution in [-0.4, -0.2) is 17.0 Å². The van der Waals surface area contributed by atoms with Gasteiger partial charge in [0.1, 0.15) is 5.82 Å². The summed E-state index contributed by atoms with van der Waals surface area (Å²) in [5.74, 6) is -1.21. The number of nitrogens with one attached hydrogen (secondary N) is 1. The third kappa shape index (κ3) is 3.02. The van der Waals surface area contributed by atoms with Crippen LogP contribution in [-0.2, 0) is 9.59 Å². The Hall–Kier alpha value is -1.62. The van der Waals surface area contributed by atoms with E-state index in [1.165, 1.54) is 25.0 Å². The SMILES string of the molecule is O=C(O)C(NC(=O)C1CC1C1CC1)c1ccc(Cl)c(F)c1. The van der Waals surface area contributed by atoms with E-state index >= 15 is 0 Å². The maximum absolute atomic E-state index is 13.4. The Bertz CT molecular complexity index is 603. The van der Waals surface area contributed by atoms with Gasteiger partial charge in [-0.25, -0.2) is 9.18 Å². The van der Waals surface area contributed by atoms with Gasteiger partial charge in [0.2, 0.25) is 5.91 Å². The molecule has 2 aliphatic carbocycles. The second-order valence-electron chi connectivity index (χ2n) is 5.80. The number of benzene rings is 1. The van der Waals surface area contributed by atoms with Crippen LogP contribution >= 0.6 is 11.6 Å². The van der Waals surface area contributed by atoms with E-state index in [0.29, 0.717) is 11.8 Å². The van der Waals surface area contributed by atoms with Crippen LogP contribution in [0.2, 0.25) is 5.02 Å². The molecule has 0 radical (unpaired) electrons. The van der Waals surface area contributed by atoms with Gasteiger partial charge >= 0.3 is 5.97 Å². The minimum Gasteiger partial charge on any atom is -0.479 e. The quantitative estimate of drug-likeness (QED) is 0.878. The van der Waals surface area contributed by atoms with Gasteiger partial charge in [-0.1, -0.05) is 17.7 Å². The number of carbonyl (C=O) groups is 2. The normalized spacial score (nSPS) is 25.2. The Morgan fingerprint density at radius 1 is 1.38 bits per heavy atom. The molecule has 3 rings (SSSR count). The summed E-state index contributed by atoms with van der Waals surface area (Å²) in [7, 11) is 0. The fourth-order valence-corrected chi connectivity index (χ4v) is 2.91. The van der Waals surface area contributed by atoms with Crippen molar-refractivity contribution < 1.29 is 19.1 Å². The molecule has 0 saturated heterocycles. The number of aliphatic carboxylic acids is 1. The molecule has 1 aromatic rings. The van der Waals surface area contributed by atoms with E-state index in [-0.39, 0.29) is 22.4 Å². The highest BCUT2D eigenvalue weighted by Gasteiger charge is 2.51. The van der Waals surface area contributed by atoms with Crippen LogP contribution in [0.5, 0.6) is 0 Å². The van der Waals surface area contributed by atoms with Crippen molar-refractivity contribution in [2.45, 2.75) is 25.3 Å². The summed E-state index contributed by atoms with van der Waals surface area (Å²) in [4.78, 5) is 23.4. The molecule has 3 atom stereocenters. The lowest BCUT2D eigenvalue weighted by atomic mass is 10.1. The lowest BCUT2D eigenvalue weighted by Gasteiger charge is -2.15. The molecule has 2 saturated carbocycles. The average molecular weight is 312 g/mol. The topological polar surface area (TPSA) is 66.4 Å². The molecule has 0 aliphatic heterocycles. The van der Waals surface area contributed by atoms with Crippen molar-refractivity contribution in [2.75, 3.05) is 0 Å². The minimum atomic E-state index is -1.25. The van der Waals surface area contributed by atoms with Crippen LogP contribution in [0.1, 0.15) is 30.9 Å². The summed E-state index contributed by atoms with van der Waals surface area (Å²) in [6.45, 7) is 0. The molecule has 3 unspecified atom stereocenters. The maximum Gasteiger partial charge on any atom is 0.330 e. The third-order valence-electron chi connectivity index (χ3n) is 4.21. The Morgan fingerprint density at radius 3 is 2.67 bits per heavy atom. The highest BCUT2D eigenvalue weighted by Crippen LogP contribution is 2.54. The zero-order chi connectivity index (χ0) is 15.1. The monoisotopic (exact) mass is 311 g/mol. The van der Waals surface area contributed by atoms with Gasteiger partial charge in [-0.3, -0.25) is 4.79 Å². The second-order valence-corrected chi connectivity index (χ2v) is 6.20. The smallest absolute Gasteiger partial charge is 0.330 e. The molecule has 112 valence electrons. The predicted octanol–water partition coefficient (Wildman–Crippen LogP) is 2.77. The molecule has 1 aromatic carbocycles. The summed E-state index contributed by atoms with van der Waals surface area (Å²) >= 11 is 5.58. The van der Waals surface area contributed by atoms with Gasteiger partial charge in [0.15, 0.2) is 6.04 Å². The number of carbonyl (C=O) groups excluding carboxylic acids is 1. The van der Waals surface area contributed by atoms with Crippen molar-refractivity contribution in [1.82, 2.24) is 5.32 Å². The van der Waals surface area contributed by atoms with E-state index < -0.39 is 17.8 Å². The lowest BCUT2D eigenvalue weighted by molar-refractivity contribution is -0.142. The zero-order valence-electron chi connectivity index (χ0n) is 11.2. The summed E-state index contributed by atoms with van der Waals surface area (Å²) in [5, 5.41) is 11.7. The fourth-order valence-electron chi connectivity index (χ4n) is 2.79. The van der Waals surface area contributed by atoms with E-state index in [4.69, 9.17) is 11.6 Å². The Kier molecular flexibility index (Phi) is 3.61. The van der Waals surface area contributed by atoms with Crippen LogP contribution in [0.15, 0.2) is 18.2 Å². The number of hydrogen-bond donors (Lipinski definition) is 2. The molecular weight excluding hydrogens is 297 g/mol. The number of hydrogen-bond acceptors (Lipinski definition) is 2. The van der Waals surface area contributed by atoms with Crippen LogP contribution in [0.25, 0.3) is 0 Å². The van der Waals surface area contributed by atoms with E-state index in [1.54, 1.807) is 0 Å². The molecular formula is C15H15ClFNO3. The maximum atomic E-state index is 13.4. The number of rotatable bonds is 5. The first-order valence-electron chi connectivity index (χ1n) is 6.95. The molecule has 2 N–H and O–H groups in total. The van der Waals surface area contributed by atoms with E-state index in [9.17, 15) is 19.1 Å². The first-order chi connectivity index (χ1) is 9.97. The van der Waals surface area contributed by atoms with Gasteiger partial charge in [-0.15, -0.1) is 0 Å². The number of carboxylic acids is 1. The van der Waals surface area contributed by atoms with Gasteiger partial charge in [0.25, 0.3) is 0 Å². The van der Waals surface area contributed by atoms with Gasteiger partial charge in [0.05, 0.1) is 5.02 Å². The van der Waals surface area contributed by atoms with Crippen molar-refractivity contribution >= 4 is 23.5 Å². The van der Waals surface area contributed by atoms with Gasteiger partial charge in [-0.2, -0.15) is 0 Å². The summed E-state index contributed by atoms with van der Waals surface area (Å²) in [6, 6.07) is 2.51. The highest BCUT2D eigenvalue weighted by molar-refractivity contribution is 6.30. The van der Waals surface area contributed by atoms with E-state index in [2.05, 4.69) is 5.32 Å². The average Bonchev–Trinajstić information content (AvgIpc) is 3.27. The van der Waals surface area contributed by atoms with E-state index in [0.717, 1.165) is 12.5 Å². The second kappa shape index (κ2) is 5.30. The molecule has 2 fully saturated rings. The largest absolute Gasteiger partial charge is 0.479 e. The molecule has 0 aromatic heterocycles. The minimum absolute atomic E-state index is 0.0785. The molecule has 21 heavy (non-hydrogen) atoms. The molecule has 0 heterocycles. The Morgan fingerprint density at radius 2 is 2.10 bits per heavy atom. The molecule has 4 nitrogen and oxygen atoms in total. The summed E-state index contributed by atoms with van der Waals surface area (Å²) in [6.07, 6.45) is 3.16. The molecule has 0 spiro atoms. The first-order valence-corrected chi connectivity index (χ1v) is 7.33. The molecule has 1 amide bonds. The first kappa shape index (κ1) is 14.3. The lowest BCUT2D eigenvalue weighted by Crippen LogP contribution is -2.35. The van der Waals surface area contributed by atoms with Gasteiger partial charge < -0.3 is 10.4 Å². The third-order valence-corrected chi connectivity index (χ3v) is 4.52. The zero-order valence-corrected chi connectivity index (χ0v) is 11.9. The van der Waals surface area contributed by atoms with E-state index in [1.807, 2.05) is 0 Å². The van der Waals surface area contributed by atoms with Crippen molar-refractivity contribution in [3.05, 3.63) is 34.6 Å². The van der Waals surface area contributed by atoms with Crippen molar-refractivity contribution in [3.8, 4) is 0 Å². The van der Waals surface area contributed by atoms with Crippen LogP contribution in [0.4, 0.5) is 4.39 Å². The number of halogens is 2. The summed E-state index contributed by atoms with van der Waals surface area (Å²) < 4.78 is 13.4. The predicted molar refractivity (Wildman–Crippen MR) is 74.3 cm³/mol. The number of carboxylic acid groups (broad SMARTS) is 1.